The lowest BCUT2D eigenvalue weighted by molar-refractivity contribution is -0.143. The number of sulfonamides is 1. The van der Waals surface area contributed by atoms with Gasteiger partial charge in [-0.15, -0.1) is 6.58 Å². The molecule has 0 aromatic rings. The highest BCUT2D eigenvalue weighted by molar-refractivity contribution is 7.89. The van der Waals surface area contributed by atoms with Crippen LogP contribution in [0.3, 0.4) is 0 Å². The number of allylic oxidation sites excluding steroid dienone is 1. The van der Waals surface area contributed by atoms with Gasteiger partial charge in [0.15, 0.2) is 5.78 Å². The van der Waals surface area contributed by atoms with E-state index < -0.39 is 80.2 Å². The van der Waals surface area contributed by atoms with Crippen molar-refractivity contribution < 1.29 is 37.4 Å². The van der Waals surface area contributed by atoms with E-state index in [2.05, 4.69) is 11.9 Å². The van der Waals surface area contributed by atoms with Crippen molar-refractivity contribution in [3.05, 3.63) is 12.7 Å². The summed E-state index contributed by atoms with van der Waals surface area (Å²) in [6, 6.07) is -2.14. The number of Topliss-reactive ketones (excluding diaryl/α,β-unsaturated/α-hetero) is 1. The maximum absolute atomic E-state index is 13.7. The Morgan fingerprint density at radius 1 is 1.19 bits per heavy atom. The zero-order valence-corrected chi connectivity index (χ0v) is 23.8. The van der Waals surface area contributed by atoms with Gasteiger partial charge >= 0.3 is 6.09 Å². The quantitative estimate of drug-likeness (QED) is 0.387. The van der Waals surface area contributed by atoms with Crippen molar-refractivity contribution in [2.75, 3.05) is 12.8 Å². The summed E-state index contributed by atoms with van der Waals surface area (Å²) in [7, 11) is -3.85. The van der Waals surface area contributed by atoms with Crippen molar-refractivity contribution >= 4 is 33.7 Å². The van der Waals surface area contributed by atoms with E-state index in [9.17, 15) is 32.7 Å². The Labute approximate surface area is 219 Å². The fourth-order valence-electron chi connectivity index (χ4n) is 4.78. The summed E-state index contributed by atoms with van der Waals surface area (Å²) >= 11 is 0. The lowest BCUT2D eigenvalue weighted by Gasteiger charge is -2.36. The number of alkyl carbamates (subject to hydrolysis) is 1. The summed E-state index contributed by atoms with van der Waals surface area (Å²) in [4.78, 5) is 53.9. The van der Waals surface area contributed by atoms with E-state index in [1.165, 1.54) is 11.0 Å². The number of carbonyl (C=O) groups is 4. The lowest BCUT2D eigenvalue weighted by Crippen LogP contribution is -2.58. The molecule has 1 saturated carbocycles. The fourth-order valence-corrected chi connectivity index (χ4v) is 5.32. The molecular formula is C25H41N3O8S. The van der Waals surface area contributed by atoms with Gasteiger partial charge in [-0.05, 0) is 38.5 Å². The molecule has 2 rings (SSSR count). The minimum Gasteiger partial charge on any atom is -0.444 e. The average Bonchev–Trinajstić information content (AvgIpc) is 3.33. The number of hydrogen-bond acceptors (Lipinski definition) is 8. The molecule has 0 aromatic heterocycles. The highest BCUT2D eigenvalue weighted by atomic mass is 32.2. The topological polar surface area (TPSA) is 159 Å². The molecule has 11 nitrogen and oxygen atoms in total. The third-order valence-corrected chi connectivity index (χ3v) is 7.41. The van der Waals surface area contributed by atoms with Gasteiger partial charge in [0.25, 0.3) is 0 Å². The minimum absolute atomic E-state index is 0.133. The number of nitrogens with one attached hydrogen (secondary N) is 2. The van der Waals surface area contributed by atoms with Crippen molar-refractivity contribution in [1.29, 1.82) is 0 Å². The van der Waals surface area contributed by atoms with Gasteiger partial charge in [0, 0.05) is 18.9 Å². The Morgan fingerprint density at radius 2 is 1.76 bits per heavy atom. The normalized spacial score (nSPS) is 28.7. The van der Waals surface area contributed by atoms with Gasteiger partial charge in [-0.3, -0.25) is 19.1 Å². The molecule has 37 heavy (non-hydrogen) atoms. The Morgan fingerprint density at radius 3 is 2.19 bits per heavy atom. The molecule has 3 N–H and O–H groups in total. The summed E-state index contributed by atoms with van der Waals surface area (Å²) in [5.41, 5.74) is -2.85. The zero-order valence-electron chi connectivity index (χ0n) is 23.0. The number of hydrogen-bond donors (Lipinski definition) is 3. The first-order valence-corrected chi connectivity index (χ1v) is 14.2. The Hall–Kier alpha value is -2.47. The van der Waals surface area contributed by atoms with Crippen LogP contribution < -0.4 is 10.0 Å². The first kappa shape index (κ1) is 30.8. The number of aliphatic hydroxyl groups excluding tert-OH is 1. The van der Waals surface area contributed by atoms with Crippen LogP contribution in [-0.2, 0) is 29.1 Å². The molecule has 1 aliphatic carbocycles. The number of carbonyl (C=O) groups excluding carboxylic acids is 4. The second-order valence-electron chi connectivity index (χ2n) is 12.4. The second kappa shape index (κ2) is 10.4. The first-order valence-electron chi connectivity index (χ1n) is 12.3. The maximum atomic E-state index is 13.7. The average molecular weight is 544 g/mol. The molecule has 1 heterocycles. The largest absolute Gasteiger partial charge is 0.444 e. The van der Waals surface area contributed by atoms with E-state index in [0.29, 0.717) is 0 Å². The molecule has 0 aromatic carbocycles. The third kappa shape index (κ3) is 7.31. The summed E-state index contributed by atoms with van der Waals surface area (Å²) in [6.45, 7) is 15.5. The Balaban J connectivity index is 2.34. The van der Waals surface area contributed by atoms with Gasteiger partial charge in [0.2, 0.25) is 21.8 Å². The SMILES string of the molecule is C=C[C@@H]1C[C@]1(CC(=O)[C@@H]1C(C)[C@@H](O)CN1C(=O)[C@@H](NC(=O)OC(C)(C)C)C(C)(C)C)C(=O)NS(C)(=O)=O. The number of aliphatic hydroxyl groups is 1. The molecular weight excluding hydrogens is 502 g/mol. The molecule has 0 spiro atoms. The number of ketones is 1. The van der Waals surface area contributed by atoms with Crippen LogP contribution in [-0.4, -0.2) is 78.7 Å². The molecule has 0 radical (unpaired) electrons. The molecule has 210 valence electrons. The van der Waals surface area contributed by atoms with Crippen molar-refractivity contribution in [3.63, 3.8) is 0 Å². The van der Waals surface area contributed by atoms with Gasteiger partial charge in [-0.25, -0.2) is 13.2 Å². The minimum atomic E-state index is -3.85. The van der Waals surface area contributed by atoms with Crippen LogP contribution in [0.4, 0.5) is 4.79 Å². The number of nitrogens with zero attached hydrogens (tertiary/aromatic N) is 1. The molecule has 3 amide bonds. The van der Waals surface area contributed by atoms with E-state index in [1.807, 2.05) is 4.72 Å². The smallest absolute Gasteiger partial charge is 0.408 e. The molecule has 1 aliphatic heterocycles. The number of β-amino-alcohol motifs (C(OH)–C–C–N with tert-alkyl or cyclic N) is 1. The van der Waals surface area contributed by atoms with Gasteiger partial charge < -0.3 is 20.1 Å². The van der Waals surface area contributed by atoms with Crippen LogP contribution in [0.25, 0.3) is 0 Å². The molecule has 2 aliphatic rings. The highest BCUT2D eigenvalue weighted by Gasteiger charge is 2.61. The van der Waals surface area contributed by atoms with E-state index in [1.54, 1.807) is 48.5 Å². The summed E-state index contributed by atoms with van der Waals surface area (Å²) in [6.07, 6.45) is 0.481. The zero-order chi connectivity index (χ0) is 28.7. The van der Waals surface area contributed by atoms with E-state index >= 15 is 0 Å². The van der Waals surface area contributed by atoms with Crippen molar-refractivity contribution in [3.8, 4) is 0 Å². The van der Waals surface area contributed by atoms with E-state index in [4.69, 9.17) is 4.74 Å². The molecule has 1 saturated heterocycles. The van der Waals surface area contributed by atoms with Crippen LogP contribution in [0, 0.1) is 22.7 Å². The summed E-state index contributed by atoms with van der Waals surface area (Å²) in [5.74, 6) is -2.88. The van der Waals surface area contributed by atoms with E-state index in [0.717, 1.165) is 6.26 Å². The molecule has 2 fully saturated rings. The van der Waals surface area contributed by atoms with Crippen molar-refractivity contribution in [2.45, 2.75) is 85.1 Å². The van der Waals surface area contributed by atoms with Crippen molar-refractivity contribution in [2.24, 2.45) is 22.7 Å². The number of rotatable bonds is 8. The molecule has 12 heteroatoms. The maximum Gasteiger partial charge on any atom is 0.408 e. The van der Waals surface area contributed by atoms with Crippen molar-refractivity contribution in [1.82, 2.24) is 14.9 Å². The number of likely N-dealkylation sites (tertiary alicyclic amines) is 1. The van der Waals surface area contributed by atoms with Gasteiger partial charge in [0.1, 0.15) is 11.6 Å². The standard InChI is InChI=1S/C25H41N3O8S/c1-10-15-11-25(15,21(32)27-37(9,34)35)12-16(29)18-14(2)17(30)13-28(18)20(31)19(23(3,4)5)26-22(33)36-24(6,7)8/h10,14-15,17-19,30H,1,11-13H2,2-9H3,(H,26,33)(H,27,32)/t14?,15-,17+,18+,19-,25-/m1/s1. The predicted octanol–water partition coefficient (Wildman–Crippen LogP) is 1.36. The van der Waals surface area contributed by atoms with Crippen LogP contribution in [0.1, 0.15) is 61.3 Å². The van der Waals surface area contributed by atoms with E-state index in [-0.39, 0.29) is 19.4 Å². The van der Waals surface area contributed by atoms with Crippen LogP contribution in [0.2, 0.25) is 0 Å². The Kier molecular flexibility index (Phi) is 8.61. The summed E-state index contributed by atoms with van der Waals surface area (Å²) in [5, 5.41) is 13.2. The fraction of sp³-hybridized carbons (Fsp3) is 0.760. The second-order valence-corrected chi connectivity index (χ2v) is 14.1. The molecule has 0 bridgehead atoms. The summed E-state index contributed by atoms with van der Waals surface area (Å²) < 4.78 is 30.6. The predicted molar refractivity (Wildman–Crippen MR) is 137 cm³/mol. The van der Waals surface area contributed by atoms with Crippen LogP contribution in [0.5, 0.6) is 0 Å². The van der Waals surface area contributed by atoms with Gasteiger partial charge in [0.05, 0.1) is 23.8 Å². The monoisotopic (exact) mass is 543 g/mol. The first-order chi connectivity index (χ1) is 16.6. The molecule has 6 atom stereocenters. The highest BCUT2D eigenvalue weighted by Crippen LogP contribution is 2.57. The Bertz CT molecular complexity index is 1060. The molecule has 1 unspecified atom stereocenters. The third-order valence-electron chi connectivity index (χ3n) is 6.85. The van der Waals surface area contributed by atoms with Crippen LogP contribution >= 0.6 is 0 Å². The number of amides is 3. The van der Waals surface area contributed by atoms with Crippen LogP contribution in [0.15, 0.2) is 12.7 Å². The van der Waals surface area contributed by atoms with Gasteiger partial charge in [-0.2, -0.15) is 0 Å². The number of ether oxygens (including phenoxy) is 1. The van der Waals surface area contributed by atoms with Gasteiger partial charge in [-0.1, -0.05) is 33.8 Å². The lowest BCUT2D eigenvalue weighted by atomic mass is 9.84.